The topological polar surface area (TPSA) is 118 Å². The highest BCUT2D eigenvalue weighted by atomic mass is 16.5. The lowest BCUT2D eigenvalue weighted by Crippen LogP contribution is -2.42. The van der Waals surface area contributed by atoms with Crippen LogP contribution in [0.2, 0.25) is 0 Å². The molecular weight excluding hydrogens is 464 g/mol. The summed E-state index contributed by atoms with van der Waals surface area (Å²) in [5.74, 6) is 1.23. The molecule has 2 amide bonds. The standard InChI is InChI=1S/C25H34N6O5/c1-3-36-22-21(18(2)32)28-23(29-24(22)31-12-16-35-17-13-31)19-4-6-20(7-5-19)27-25(33)26-8-9-30-10-14-34-15-11-30/h4-7H,3,8-17H2,1-2H3,(H2,26,27,33). The molecule has 11 nitrogen and oxygen atoms in total. The third-order valence-corrected chi connectivity index (χ3v) is 6.00. The lowest BCUT2D eigenvalue weighted by atomic mass is 10.1. The average Bonchev–Trinajstić information content (AvgIpc) is 2.90. The van der Waals surface area contributed by atoms with Crippen LogP contribution in [0.25, 0.3) is 11.4 Å². The molecule has 2 N–H and O–H groups in total. The summed E-state index contributed by atoms with van der Waals surface area (Å²) in [6.45, 7) is 10.8. The van der Waals surface area contributed by atoms with Crippen molar-refractivity contribution in [3.8, 4) is 17.1 Å². The summed E-state index contributed by atoms with van der Waals surface area (Å²) < 4.78 is 16.6. The van der Waals surface area contributed by atoms with Crippen molar-refractivity contribution in [1.82, 2.24) is 20.2 Å². The zero-order valence-electron chi connectivity index (χ0n) is 20.9. The van der Waals surface area contributed by atoms with Gasteiger partial charge in [0.1, 0.15) is 0 Å². The maximum Gasteiger partial charge on any atom is 0.319 e. The smallest absolute Gasteiger partial charge is 0.319 e. The molecule has 2 saturated heterocycles. The number of morpholine rings is 2. The number of ether oxygens (including phenoxy) is 3. The molecule has 0 radical (unpaired) electrons. The third-order valence-electron chi connectivity index (χ3n) is 6.00. The number of Topliss-reactive ketones (excluding diaryl/α,β-unsaturated/α-hetero) is 1. The zero-order valence-corrected chi connectivity index (χ0v) is 20.9. The SMILES string of the molecule is CCOc1c(C(C)=O)nc(-c2ccc(NC(=O)NCCN3CCOCC3)cc2)nc1N1CCOCC1. The Bertz CT molecular complexity index is 1040. The van der Waals surface area contributed by atoms with E-state index in [0.29, 0.717) is 62.5 Å². The van der Waals surface area contributed by atoms with E-state index < -0.39 is 0 Å². The third kappa shape index (κ3) is 6.68. The first kappa shape index (κ1) is 25.8. The minimum atomic E-state index is -0.262. The van der Waals surface area contributed by atoms with Crippen LogP contribution in [0.15, 0.2) is 24.3 Å². The lowest BCUT2D eigenvalue weighted by molar-refractivity contribution is 0.0388. The number of nitrogens with zero attached hydrogens (tertiary/aromatic N) is 4. The first-order valence-electron chi connectivity index (χ1n) is 12.4. The quantitative estimate of drug-likeness (QED) is 0.501. The molecule has 194 valence electrons. The van der Waals surface area contributed by atoms with Crippen molar-refractivity contribution in [1.29, 1.82) is 0 Å². The van der Waals surface area contributed by atoms with Gasteiger partial charge in [-0.25, -0.2) is 14.8 Å². The van der Waals surface area contributed by atoms with Gasteiger partial charge in [0.15, 0.2) is 28.9 Å². The fourth-order valence-corrected chi connectivity index (χ4v) is 4.10. The van der Waals surface area contributed by atoms with Gasteiger partial charge in [-0.1, -0.05) is 0 Å². The molecule has 2 fully saturated rings. The van der Waals surface area contributed by atoms with Crippen molar-refractivity contribution in [2.24, 2.45) is 0 Å². The number of ketones is 1. The van der Waals surface area contributed by atoms with E-state index in [9.17, 15) is 9.59 Å². The van der Waals surface area contributed by atoms with Crippen LogP contribution < -0.4 is 20.3 Å². The van der Waals surface area contributed by atoms with Gasteiger partial charge in [-0.15, -0.1) is 0 Å². The molecule has 0 unspecified atom stereocenters. The van der Waals surface area contributed by atoms with E-state index in [4.69, 9.17) is 19.2 Å². The van der Waals surface area contributed by atoms with Crippen LogP contribution in [0.5, 0.6) is 5.75 Å². The molecule has 1 aromatic heterocycles. The highest BCUT2D eigenvalue weighted by Crippen LogP contribution is 2.33. The summed E-state index contributed by atoms with van der Waals surface area (Å²) >= 11 is 0. The zero-order chi connectivity index (χ0) is 25.3. The van der Waals surface area contributed by atoms with E-state index in [0.717, 1.165) is 38.4 Å². The van der Waals surface area contributed by atoms with Gasteiger partial charge in [0.2, 0.25) is 0 Å². The molecule has 0 aliphatic carbocycles. The van der Waals surface area contributed by atoms with Crippen LogP contribution in [0.3, 0.4) is 0 Å². The summed E-state index contributed by atoms with van der Waals surface area (Å²) in [5, 5.41) is 5.73. The Labute approximate surface area is 211 Å². The van der Waals surface area contributed by atoms with Gasteiger partial charge >= 0.3 is 6.03 Å². The minimum Gasteiger partial charge on any atom is -0.488 e. The van der Waals surface area contributed by atoms with E-state index in [1.165, 1.54) is 6.92 Å². The van der Waals surface area contributed by atoms with E-state index in [1.807, 2.05) is 19.1 Å². The molecule has 1 aromatic carbocycles. The van der Waals surface area contributed by atoms with E-state index in [2.05, 4.69) is 25.4 Å². The number of anilines is 2. The predicted molar refractivity (Wildman–Crippen MR) is 136 cm³/mol. The molecule has 11 heteroatoms. The number of hydrogen-bond donors (Lipinski definition) is 2. The number of amides is 2. The maximum atomic E-state index is 12.4. The summed E-state index contributed by atoms with van der Waals surface area (Å²) in [5.41, 5.74) is 1.63. The molecule has 4 rings (SSSR count). The van der Waals surface area contributed by atoms with Gasteiger partial charge in [-0.2, -0.15) is 0 Å². The second kappa shape index (κ2) is 12.6. The van der Waals surface area contributed by atoms with Crippen LogP contribution >= 0.6 is 0 Å². The summed E-state index contributed by atoms with van der Waals surface area (Å²) in [6, 6.07) is 6.97. The molecule has 0 saturated carbocycles. The Hall–Kier alpha value is -3.28. The van der Waals surface area contributed by atoms with Crippen LogP contribution in [0, 0.1) is 0 Å². The molecule has 36 heavy (non-hydrogen) atoms. The van der Waals surface area contributed by atoms with Crippen molar-refractivity contribution < 1.29 is 23.8 Å². The lowest BCUT2D eigenvalue weighted by Gasteiger charge is -2.29. The second-order valence-electron chi connectivity index (χ2n) is 8.55. The van der Waals surface area contributed by atoms with Crippen molar-refractivity contribution in [2.45, 2.75) is 13.8 Å². The minimum absolute atomic E-state index is 0.191. The molecule has 0 bridgehead atoms. The highest BCUT2D eigenvalue weighted by Gasteiger charge is 2.25. The molecule has 0 atom stereocenters. The van der Waals surface area contributed by atoms with E-state index >= 15 is 0 Å². The molecule has 2 aromatic rings. The monoisotopic (exact) mass is 498 g/mol. The predicted octanol–water partition coefficient (Wildman–Crippen LogP) is 2.04. The Morgan fingerprint density at radius 2 is 1.67 bits per heavy atom. The average molecular weight is 499 g/mol. The van der Waals surface area contributed by atoms with Gasteiger partial charge in [-0.05, 0) is 31.2 Å². The number of carbonyl (C=O) groups is 2. The number of aromatic nitrogens is 2. The number of nitrogens with one attached hydrogen (secondary N) is 2. The maximum absolute atomic E-state index is 12.4. The number of carbonyl (C=O) groups excluding carboxylic acids is 2. The van der Waals surface area contributed by atoms with E-state index in [-0.39, 0.29) is 17.5 Å². The summed E-state index contributed by atoms with van der Waals surface area (Å²) in [4.78, 5) is 38.4. The first-order chi connectivity index (χ1) is 17.5. The van der Waals surface area contributed by atoms with Gasteiger partial charge < -0.3 is 29.7 Å². The van der Waals surface area contributed by atoms with Gasteiger partial charge in [0.05, 0.1) is 33.0 Å². The van der Waals surface area contributed by atoms with Crippen molar-refractivity contribution in [2.75, 3.05) is 82.5 Å². The number of urea groups is 1. The first-order valence-corrected chi connectivity index (χ1v) is 12.4. The summed E-state index contributed by atoms with van der Waals surface area (Å²) in [6.07, 6.45) is 0. The molecule has 0 spiro atoms. The highest BCUT2D eigenvalue weighted by molar-refractivity contribution is 5.97. The molecule has 3 heterocycles. The fraction of sp³-hybridized carbons (Fsp3) is 0.520. The number of rotatable bonds is 9. The fourth-order valence-electron chi connectivity index (χ4n) is 4.10. The van der Waals surface area contributed by atoms with Gasteiger partial charge in [0.25, 0.3) is 0 Å². The van der Waals surface area contributed by atoms with Gasteiger partial charge in [-0.3, -0.25) is 9.69 Å². The van der Waals surface area contributed by atoms with Gasteiger partial charge in [0, 0.05) is 57.4 Å². The van der Waals surface area contributed by atoms with Crippen LogP contribution in [0.1, 0.15) is 24.3 Å². The van der Waals surface area contributed by atoms with Crippen LogP contribution in [-0.2, 0) is 9.47 Å². The Morgan fingerprint density at radius 1 is 1.00 bits per heavy atom. The van der Waals surface area contributed by atoms with E-state index in [1.54, 1.807) is 12.1 Å². The normalized spacial score (nSPS) is 16.4. The molecule has 2 aliphatic heterocycles. The largest absolute Gasteiger partial charge is 0.488 e. The van der Waals surface area contributed by atoms with Crippen LogP contribution in [-0.4, -0.2) is 99.0 Å². The van der Waals surface area contributed by atoms with Crippen molar-refractivity contribution in [3.05, 3.63) is 30.0 Å². The Balaban J connectivity index is 1.46. The van der Waals surface area contributed by atoms with Crippen molar-refractivity contribution >= 4 is 23.3 Å². The second-order valence-corrected chi connectivity index (χ2v) is 8.55. The summed E-state index contributed by atoms with van der Waals surface area (Å²) in [7, 11) is 0. The van der Waals surface area contributed by atoms with Crippen molar-refractivity contribution in [3.63, 3.8) is 0 Å². The molecular formula is C25H34N6O5. The number of benzene rings is 1. The van der Waals surface area contributed by atoms with Crippen LogP contribution in [0.4, 0.5) is 16.3 Å². The molecule has 2 aliphatic rings. The number of hydrogen-bond acceptors (Lipinski definition) is 9. The Kier molecular flexibility index (Phi) is 9.04. The Morgan fingerprint density at radius 3 is 2.31 bits per heavy atom.